The molecule has 5 heteroatoms. The molecule has 144 valence electrons. The maximum absolute atomic E-state index is 14.0. The lowest BCUT2D eigenvalue weighted by Crippen LogP contribution is -1.99. The van der Waals surface area contributed by atoms with Gasteiger partial charge in [-0.3, -0.25) is 0 Å². The smallest absolute Gasteiger partial charge is 0.125 e. The normalized spacial score (nSPS) is 13.4. The minimum Gasteiger partial charge on any atom is -0.466 e. The van der Waals surface area contributed by atoms with Gasteiger partial charge in [-0.25, -0.2) is 9.37 Å². The van der Waals surface area contributed by atoms with Gasteiger partial charge in [0.05, 0.1) is 5.69 Å². The molecule has 0 saturated carbocycles. The molecule has 28 heavy (non-hydrogen) atoms. The zero-order valence-corrected chi connectivity index (χ0v) is 17.5. The van der Waals surface area contributed by atoms with Crippen molar-refractivity contribution in [3.05, 3.63) is 64.2 Å². The van der Waals surface area contributed by atoms with Gasteiger partial charge >= 0.3 is 0 Å². The fourth-order valence-corrected chi connectivity index (χ4v) is 5.45. The second-order valence-electron chi connectivity index (χ2n) is 7.28. The van der Waals surface area contributed by atoms with Crippen molar-refractivity contribution in [3.8, 4) is 22.4 Å². The number of fused-ring (bicyclic) bond motifs is 3. The Morgan fingerprint density at radius 1 is 1.04 bits per heavy atom. The van der Waals surface area contributed by atoms with Crippen LogP contribution in [-0.2, 0) is 12.8 Å². The standard InChI is InChI=1S/C23H20FNOS.ClH/c1-13-10-18(14(2)26-13)20-12-19(15-6-5-7-16(24)11-15)22-17-8-3-4-9-21(17)27-23(22)25-20;/h5-7,10-12H,3-4,8-9H2,1-2H3;1H. The minimum absolute atomic E-state index is 0. The number of halogens is 2. The molecule has 2 nitrogen and oxygen atoms in total. The molecule has 0 bridgehead atoms. The van der Waals surface area contributed by atoms with Crippen molar-refractivity contribution in [1.29, 1.82) is 0 Å². The van der Waals surface area contributed by atoms with Crippen molar-refractivity contribution in [3.63, 3.8) is 0 Å². The van der Waals surface area contributed by atoms with Gasteiger partial charge in [-0.1, -0.05) is 12.1 Å². The Morgan fingerprint density at radius 2 is 1.86 bits per heavy atom. The van der Waals surface area contributed by atoms with Gasteiger partial charge in [0, 0.05) is 15.8 Å². The number of thiophene rings is 1. The Bertz CT molecular complexity index is 1180. The minimum atomic E-state index is -0.210. The third-order valence-corrected chi connectivity index (χ3v) is 6.56. The number of aromatic nitrogens is 1. The third kappa shape index (κ3) is 3.15. The second-order valence-corrected chi connectivity index (χ2v) is 8.37. The van der Waals surface area contributed by atoms with Crippen LogP contribution in [0.25, 0.3) is 32.6 Å². The molecule has 1 aromatic carbocycles. The Balaban J connectivity index is 0.00000192. The highest BCUT2D eigenvalue weighted by Crippen LogP contribution is 2.43. The van der Waals surface area contributed by atoms with Gasteiger partial charge < -0.3 is 4.42 Å². The molecule has 0 aliphatic heterocycles. The van der Waals surface area contributed by atoms with Crippen molar-refractivity contribution in [2.24, 2.45) is 0 Å². The average Bonchev–Trinajstić information content (AvgIpc) is 3.20. The molecule has 1 aliphatic carbocycles. The van der Waals surface area contributed by atoms with Crippen LogP contribution in [0.5, 0.6) is 0 Å². The molecule has 5 rings (SSSR count). The van der Waals surface area contributed by atoms with Gasteiger partial charge in [-0.15, -0.1) is 23.7 Å². The number of rotatable bonds is 2. The first-order valence-electron chi connectivity index (χ1n) is 9.39. The van der Waals surface area contributed by atoms with Crippen LogP contribution in [0.1, 0.15) is 34.8 Å². The van der Waals surface area contributed by atoms with E-state index < -0.39 is 0 Å². The number of aryl methyl sites for hydroxylation is 4. The molecule has 0 spiro atoms. The van der Waals surface area contributed by atoms with Crippen LogP contribution in [0.3, 0.4) is 0 Å². The Kier molecular flexibility index (Phi) is 5.02. The van der Waals surface area contributed by atoms with E-state index in [-0.39, 0.29) is 18.2 Å². The van der Waals surface area contributed by atoms with E-state index in [9.17, 15) is 4.39 Å². The molecule has 3 aromatic heterocycles. The van der Waals surface area contributed by atoms with Crippen LogP contribution >= 0.6 is 23.7 Å². The summed E-state index contributed by atoms with van der Waals surface area (Å²) < 4.78 is 19.7. The summed E-state index contributed by atoms with van der Waals surface area (Å²) in [7, 11) is 0. The predicted molar refractivity (Wildman–Crippen MR) is 116 cm³/mol. The highest BCUT2D eigenvalue weighted by atomic mass is 35.5. The van der Waals surface area contributed by atoms with Gasteiger partial charge in [-0.2, -0.15) is 0 Å². The van der Waals surface area contributed by atoms with E-state index in [1.54, 1.807) is 23.5 Å². The largest absolute Gasteiger partial charge is 0.466 e. The van der Waals surface area contributed by atoms with Crippen molar-refractivity contribution in [2.45, 2.75) is 39.5 Å². The van der Waals surface area contributed by atoms with Crippen LogP contribution in [0.2, 0.25) is 0 Å². The zero-order valence-electron chi connectivity index (χ0n) is 15.8. The molecule has 0 unspecified atom stereocenters. The van der Waals surface area contributed by atoms with Crippen molar-refractivity contribution in [2.75, 3.05) is 0 Å². The summed E-state index contributed by atoms with van der Waals surface area (Å²) >= 11 is 1.80. The van der Waals surface area contributed by atoms with E-state index in [0.717, 1.165) is 51.6 Å². The number of furan rings is 1. The van der Waals surface area contributed by atoms with Gasteiger partial charge in [0.2, 0.25) is 0 Å². The van der Waals surface area contributed by atoms with Crippen LogP contribution in [0.15, 0.2) is 40.8 Å². The summed E-state index contributed by atoms with van der Waals surface area (Å²) in [6.45, 7) is 3.92. The van der Waals surface area contributed by atoms with Crippen molar-refractivity contribution in [1.82, 2.24) is 4.98 Å². The third-order valence-electron chi connectivity index (χ3n) is 5.38. The molecule has 0 N–H and O–H groups in total. The first kappa shape index (κ1) is 19.2. The van der Waals surface area contributed by atoms with E-state index in [1.165, 1.54) is 34.7 Å². The van der Waals surface area contributed by atoms with Gasteiger partial charge in [0.25, 0.3) is 0 Å². The summed E-state index contributed by atoms with van der Waals surface area (Å²) in [5.41, 5.74) is 5.31. The first-order chi connectivity index (χ1) is 13.1. The van der Waals surface area contributed by atoms with Gasteiger partial charge in [0.1, 0.15) is 22.2 Å². The number of pyridine rings is 1. The van der Waals surface area contributed by atoms with Crippen LogP contribution in [0, 0.1) is 19.7 Å². The molecular formula is C23H21ClFNOS. The van der Waals surface area contributed by atoms with E-state index >= 15 is 0 Å². The van der Waals surface area contributed by atoms with Crippen molar-refractivity contribution < 1.29 is 8.81 Å². The number of benzene rings is 1. The highest BCUT2D eigenvalue weighted by Gasteiger charge is 2.22. The maximum atomic E-state index is 14.0. The number of nitrogens with zero attached hydrogens (tertiary/aromatic N) is 1. The fraction of sp³-hybridized carbons (Fsp3) is 0.261. The van der Waals surface area contributed by atoms with Gasteiger partial charge in [-0.05, 0) is 80.5 Å². The second kappa shape index (κ2) is 7.34. The Labute approximate surface area is 173 Å². The van der Waals surface area contributed by atoms with Crippen LogP contribution < -0.4 is 0 Å². The summed E-state index contributed by atoms with van der Waals surface area (Å²) in [6, 6.07) is 11.0. The highest BCUT2D eigenvalue weighted by molar-refractivity contribution is 7.19. The molecule has 3 heterocycles. The van der Waals surface area contributed by atoms with E-state index in [2.05, 4.69) is 6.07 Å². The van der Waals surface area contributed by atoms with Crippen LogP contribution in [-0.4, -0.2) is 4.98 Å². The molecule has 0 fully saturated rings. The zero-order chi connectivity index (χ0) is 18.5. The fourth-order valence-electron chi connectivity index (χ4n) is 4.17. The summed E-state index contributed by atoms with van der Waals surface area (Å²) in [5.74, 6) is 1.53. The molecular weight excluding hydrogens is 393 g/mol. The van der Waals surface area contributed by atoms with Gasteiger partial charge in [0.15, 0.2) is 0 Å². The molecule has 0 amide bonds. The predicted octanol–water partition coefficient (Wildman–Crippen LogP) is 7.28. The molecule has 1 aliphatic rings. The molecule has 0 saturated heterocycles. The summed E-state index contributed by atoms with van der Waals surface area (Å²) in [4.78, 5) is 7.49. The SMILES string of the molecule is Cc1cc(-c2cc(-c3cccc(F)c3)c3c4c(sc3n2)CCCC4)c(C)o1.Cl. The van der Waals surface area contributed by atoms with E-state index in [4.69, 9.17) is 9.40 Å². The average molecular weight is 414 g/mol. The topological polar surface area (TPSA) is 26.0 Å². The Hall–Kier alpha value is -2.17. The van der Waals surface area contributed by atoms with E-state index in [0.29, 0.717) is 0 Å². The lowest BCUT2D eigenvalue weighted by atomic mass is 9.92. The van der Waals surface area contributed by atoms with E-state index in [1.807, 2.05) is 26.0 Å². The molecule has 0 radical (unpaired) electrons. The molecule has 4 aromatic rings. The lowest BCUT2D eigenvalue weighted by molar-refractivity contribution is 0.505. The maximum Gasteiger partial charge on any atom is 0.125 e. The van der Waals surface area contributed by atoms with Crippen molar-refractivity contribution >= 4 is 34.0 Å². The molecule has 0 atom stereocenters. The van der Waals surface area contributed by atoms with Crippen LogP contribution in [0.4, 0.5) is 4.39 Å². The number of hydrogen-bond acceptors (Lipinski definition) is 3. The quantitative estimate of drug-likeness (QED) is 0.345. The first-order valence-corrected chi connectivity index (χ1v) is 10.2. The summed E-state index contributed by atoms with van der Waals surface area (Å²) in [5, 5.41) is 1.21. The lowest BCUT2D eigenvalue weighted by Gasteiger charge is -2.13. The number of hydrogen-bond donors (Lipinski definition) is 0. The monoisotopic (exact) mass is 413 g/mol. The Morgan fingerprint density at radius 3 is 2.61 bits per heavy atom. The summed E-state index contributed by atoms with van der Waals surface area (Å²) in [6.07, 6.45) is 4.66.